The van der Waals surface area contributed by atoms with Crippen LogP contribution in [0, 0.1) is 11.2 Å². The van der Waals surface area contributed by atoms with E-state index in [1.165, 1.54) is 37.8 Å². The lowest BCUT2D eigenvalue weighted by Crippen LogP contribution is -2.22. The predicted octanol–water partition coefficient (Wildman–Crippen LogP) is 4.43. The highest BCUT2D eigenvalue weighted by molar-refractivity contribution is 7.22. The highest BCUT2D eigenvalue weighted by Crippen LogP contribution is 2.38. The van der Waals surface area contributed by atoms with Gasteiger partial charge in [-0.1, -0.05) is 31.1 Å². The van der Waals surface area contributed by atoms with Crippen LogP contribution in [-0.2, 0) is 0 Å². The number of thiazole rings is 1. The Hall–Kier alpha value is -1.16. The van der Waals surface area contributed by atoms with Crippen molar-refractivity contribution < 1.29 is 4.39 Å². The first kappa shape index (κ1) is 11.9. The second-order valence-corrected chi connectivity index (χ2v) is 6.53. The van der Waals surface area contributed by atoms with Gasteiger partial charge in [-0.05, 0) is 30.4 Å². The predicted molar refractivity (Wildman–Crippen MR) is 74.6 cm³/mol. The van der Waals surface area contributed by atoms with Gasteiger partial charge in [-0.15, -0.1) is 0 Å². The summed E-state index contributed by atoms with van der Waals surface area (Å²) in [5.41, 5.74) is 1.16. The molecule has 3 rings (SSSR count). The molecule has 1 aliphatic carbocycles. The van der Waals surface area contributed by atoms with Crippen molar-refractivity contribution in [3.8, 4) is 0 Å². The maximum atomic E-state index is 13.1. The van der Waals surface area contributed by atoms with E-state index in [0.29, 0.717) is 5.41 Å². The summed E-state index contributed by atoms with van der Waals surface area (Å²) < 4.78 is 14.1. The van der Waals surface area contributed by atoms with Crippen LogP contribution >= 0.6 is 11.3 Å². The van der Waals surface area contributed by atoms with Crippen LogP contribution in [-0.4, -0.2) is 11.5 Å². The van der Waals surface area contributed by atoms with Gasteiger partial charge in [0.15, 0.2) is 5.13 Å². The zero-order valence-electron chi connectivity index (χ0n) is 10.5. The number of rotatable bonds is 3. The van der Waals surface area contributed by atoms with Crippen molar-refractivity contribution in [2.24, 2.45) is 5.41 Å². The highest BCUT2D eigenvalue weighted by atomic mass is 32.1. The Morgan fingerprint density at radius 1 is 1.39 bits per heavy atom. The van der Waals surface area contributed by atoms with Crippen molar-refractivity contribution in [2.75, 3.05) is 11.9 Å². The molecule has 0 atom stereocenters. The van der Waals surface area contributed by atoms with Gasteiger partial charge in [-0.25, -0.2) is 9.37 Å². The first-order chi connectivity index (χ1) is 8.65. The molecular formula is C14H17FN2S. The minimum absolute atomic E-state index is 0.220. The van der Waals surface area contributed by atoms with E-state index in [0.717, 1.165) is 21.9 Å². The number of hydrogen-bond donors (Lipinski definition) is 1. The highest BCUT2D eigenvalue weighted by Gasteiger charge is 2.28. The van der Waals surface area contributed by atoms with Gasteiger partial charge in [-0.2, -0.15) is 0 Å². The smallest absolute Gasteiger partial charge is 0.183 e. The van der Waals surface area contributed by atoms with Crippen LogP contribution in [0.25, 0.3) is 10.2 Å². The molecule has 1 N–H and O–H groups in total. The summed E-state index contributed by atoms with van der Waals surface area (Å²) in [4.78, 5) is 4.43. The first-order valence-electron chi connectivity index (χ1n) is 6.45. The zero-order valence-corrected chi connectivity index (χ0v) is 11.3. The van der Waals surface area contributed by atoms with Crippen LogP contribution in [0.4, 0.5) is 9.52 Å². The van der Waals surface area contributed by atoms with Gasteiger partial charge in [0.05, 0.1) is 10.2 Å². The Kier molecular flexibility index (Phi) is 2.98. The molecule has 0 saturated heterocycles. The molecule has 18 heavy (non-hydrogen) atoms. The third-order valence-corrected chi connectivity index (χ3v) is 4.82. The molecular weight excluding hydrogens is 247 g/mol. The molecule has 1 aromatic carbocycles. The minimum atomic E-state index is -0.220. The summed E-state index contributed by atoms with van der Waals surface area (Å²) in [5.74, 6) is -0.220. The second-order valence-electron chi connectivity index (χ2n) is 5.50. The molecule has 0 amide bonds. The van der Waals surface area contributed by atoms with E-state index in [-0.39, 0.29) is 5.82 Å². The van der Waals surface area contributed by atoms with Crippen LogP contribution in [0.3, 0.4) is 0 Å². The van der Waals surface area contributed by atoms with Crippen LogP contribution in [0.5, 0.6) is 0 Å². The fourth-order valence-corrected chi connectivity index (χ4v) is 3.51. The van der Waals surface area contributed by atoms with Crippen molar-refractivity contribution in [3.63, 3.8) is 0 Å². The van der Waals surface area contributed by atoms with E-state index in [2.05, 4.69) is 17.2 Å². The standard InChI is InChI=1S/C14H17FN2S/c1-14(6-2-3-7-14)9-16-13-17-11-8-10(15)4-5-12(11)18-13/h4-5,8H,2-3,6-7,9H2,1H3,(H,16,17). The van der Waals surface area contributed by atoms with Crippen molar-refractivity contribution in [1.82, 2.24) is 4.98 Å². The lowest BCUT2D eigenvalue weighted by Gasteiger charge is -2.23. The van der Waals surface area contributed by atoms with Gasteiger partial charge in [0.25, 0.3) is 0 Å². The molecule has 0 unspecified atom stereocenters. The van der Waals surface area contributed by atoms with Gasteiger partial charge < -0.3 is 5.32 Å². The van der Waals surface area contributed by atoms with Crippen LogP contribution < -0.4 is 5.32 Å². The lowest BCUT2D eigenvalue weighted by molar-refractivity contribution is 0.362. The van der Waals surface area contributed by atoms with Gasteiger partial charge in [0.2, 0.25) is 0 Å². The fourth-order valence-electron chi connectivity index (χ4n) is 2.67. The van der Waals surface area contributed by atoms with Gasteiger partial charge >= 0.3 is 0 Å². The number of benzene rings is 1. The number of nitrogens with zero attached hydrogens (tertiary/aromatic N) is 1. The van der Waals surface area contributed by atoms with Crippen LogP contribution in [0.2, 0.25) is 0 Å². The van der Waals surface area contributed by atoms with E-state index >= 15 is 0 Å². The summed E-state index contributed by atoms with van der Waals surface area (Å²) in [6, 6.07) is 4.78. The zero-order chi connectivity index (χ0) is 12.6. The third-order valence-electron chi connectivity index (χ3n) is 3.83. The van der Waals surface area contributed by atoms with E-state index in [1.54, 1.807) is 17.4 Å². The molecule has 2 aromatic rings. The summed E-state index contributed by atoms with van der Waals surface area (Å²) >= 11 is 1.60. The summed E-state index contributed by atoms with van der Waals surface area (Å²) in [6.07, 6.45) is 5.26. The molecule has 1 aliphatic rings. The molecule has 1 saturated carbocycles. The van der Waals surface area contributed by atoms with Crippen molar-refractivity contribution in [3.05, 3.63) is 24.0 Å². The number of anilines is 1. The average molecular weight is 264 g/mol. The number of hydrogen-bond acceptors (Lipinski definition) is 3. The van der Waals surface area contributed by atoms with Gasteiger partial charge in [-0.3, -0.25) is 0 Å². The van der Waals surface area contributed by atoms with E-state index < -0.39 is 0 Å². The Labute approximate surface area is 110 Å². The van der Waals surface area contributed by atoms with Crippen molar-refractivity contribution in [2.45, 2.75) is 32.6 Å². The molecule has 0 aliphatic heterocycles. The number of halogens is 1. The Morgan fingerprint density at radius 3 is 2.94 bits per heavy atom. The third kappa shape index (κ3) is 2.34. The maximum absolute atomic E-state index is 13.1. The monoisotopic (exact) mass is 264 g/mol. The fraction of sp³-hybridized carbons (Fsp3) is 0.500. The maximum Gasteiger partial charge on any atom is 0.183 e. The topological polar surface area (TPSA) is 24.9 Å². The molecule has 0 bridgehead atoms. The van der Waals surface area contributed by atoms with Gasteiger partial charge in [0, 0.05) is 12.6 Å². The van der Waals surface area contributed by atoms with Crippen molar-refractivity contribution >= 4 is 26.7 Å². The molecule has 96 valence electrons. The van der Waals surface area contributed by atoms with Crippen molar-refractivity contribution in [1.29, 1.82) is 0 Å². The number of fused-ring (bicyclic) bond motifs is 1. The number of nitrogens with one attached hydrogen (secondary N) is 1. The number of aromatic nitrogens is 1. The molecule has 1 aromatic heterocycles. The van der Waals surface area contributed by atoms with E-state index in [4.69, 9.17) is 0 Å². The molecule has 1 heterocycles. The Bertz CT molecular complexity index is 558. The summed E-state index contributed by atoms with van der Waals surface area (Å²) in [7, 11) is 0. The molecule has 0 radical (unpaired) electrons. The Balaban J connectivity index is 1.74. The van der Waals surface area contributed by atoms with Crippen LogP contribution in [0.15, 0.2) is 18.2 Å². The van der Waals surface area contributed by atoms with E-state index in [9.17, 15) is 4.39 Å². The average Bonchev–Trinajstić information content (AvgIpc) is 2.93. The summed E-state index contributed by atoms with van der Waals surface area (Å²) in [5, 5.41) is 4.33. The van der Waals surface area contributed by atoms with Crippen LogP contribution in [0.1, 0.15) is 32.6 Å². The first-order valence-corrected chi connectivity index (χ1v) is 7.26. The van der Waals surface area contributed by atoms with E-state index in [1.807, 2.05) is 0 Å². The second kappa shape index (κ2) is 4.50. The molecule has 4 heteroatoms. The SMILES string of the molecule is CC1(CNc2nc3cc(F)ccc3s2)CCCC1. The summed E-state index contributed by atoms with van der Waals surface area (Å²) in [6.45, 7) is 3.30. The molecule has 2 nitrogen and oxygen atoms in total. The van der Waals surface area contributed by atoms with Gasteiger partial charge in [0.1, 0.15) is 5.82 Å². The quantitative estimate of drug-likeness (QED) is 0.887. The molecule has 0 spiro atoms. The lowest BCUT2D eigenvalue weighted by atomic mass is 9.89. The normalized spacial score (nSPS) is 18.3. The Morgan fingerprint density at radius 2 is 2.17 bits per heavy atom. The molecule has 1 fully saturated rings. The minimum Gasteiger partial charge on any atom is -0.361 e. The largest absolute Gasteiger partial charge is 0.361 e.